The van der Waals surface area contributed by atoms with Crippen LogP contribution >= 0.6 is 11.8 Å². The SMILES string of the molecule is Cc1cn2nc([C@@H]3CCCCN3C(=O)C3CCC4NCSC4C3)cc2nc1C1CC[C@H](N)C1. The van der Waals surface area contributed by atoms with E-state index in [2.05, 4.69) is 29.4 Å². The first kappa shape index (κ1) is 21.9. The van der Waals surface area contributed by atoms with Crippen LogP contribution < -0.4 is 11.1 Å². The molecule has 6 rings (SSSR count). The Labute approximate surface area is 200 Å². The van der Waals surface area contributed by atoms with Crippen LogP contribution in [0.15, 0.2) is 12.3 Å². The number of aromatic nitrogens is 3. The number of nitrogens with one attached hydrogen (secondary N) is 1. The van der Waals surface area contributed by atoms with Crippen LogP contribution in [0.5, 0.6) is 0 Å². The highest BCUT2D eigenvalue weighted by Crippen LogP contribution is 2.40. The fraction of sp³-hybridized carbons (Fsp3) is 0.720. The van der Waals surface area contributed by atoms with E-state index in [1.807, 2.05) is 16.3 Å². The van der Waals surface area contributed by atoms with Crippen LogP contribution in [0.25, 0.3) is 5.65 Å². The molecule has 3 N–H and O–H groups in total. The molecule has 2 aliphatic carbocycles. The summed E-state index contributed by atoms with van der Waals surface area (Å²) in [4.78, 5) is 20.9. The Balaban J connectivity index is 1.25. The van der Waals surface area contributed by atoms with E-state index >= 15 is 0 Å². The second kappa shape index (κ2) is 8.86. The van der Waals surface area contributed by atoms with Gasteiger partial charge in [-0.25, -0.2) is 9.50 Å². The molecule has 4 fully saturated rings. The number of likely N-dealkylation sites (tertiary alicyclic amines) is 1. The Morgan fingerprint density at radius 3 is 2.94 bits per heavy atom. The van der Waals surface area contributed by atoms with E-state index in [-0.39, 0.29) is 12.0 Å². The van der Waals surface area contributed by atoms with Crippen LogP contribution in [0.2, 0.25) is 0 Å². The Morgan fingerprint density at radius 2 is 2.09 bits per heavy atom. The minimum atomic E-state index is 0.0729. The van der Waals surface area contributed by atoms with Crippen molar-refractivity contribution in [1.29, 1.82) is 0 Å². The van der Waals surface area contributed by atoms with Crippen molar-refractivity contribution >= 4 is 23.3 Å². The summed E-state index contributed by atoms with van der Waals surface area (Å²) in [5, 5.41) is 9.12. The lowest BCUT2D eigenvalue weighted by molar-refractivity contribution is -0.140. The summed E-state index contributed by atoms with van der Waals surface area (Å²) in [6.45, 7) is 2.99. The van der Waals surface area contributed by atoms with Gasteiger partial charge in [-0.15, -0.1) is 11.8 Å². The number of aryl methyl sites for hydroxylation is 1. The Bertz CT molecular complexity index is 1040. The van der Waals surface area contributed by atoms with Crippen LogP contribution in [0, 0.1) is 12.8 Å². The molecule has 1 amide bonds. The van der Waals surface area contributed by atoms with Gasteiger partial charge in [0.2, 0.25) is 5.91 Å². The molecule has 7 nitrogen and oxygen atoms in total. The van der Waals surface area contributed by atoms with E-state index in [1.165, 1.54) is 11.3 Å². The van der Waals surface area contributed by atoms with E-state index < -0.39 is 0 Å². The molecule has 2 aliphatic heterocycles. The lowest BCUT2D eigenvalue weighted by Gasteiger charge is -2.39. The zero-order valence-corrected chi connectivity index (χ0v) is 20.4. The fourth-order valence-corrected chi connectivity index (χ4v) is 8.01. The van der Waals surface area contributed by atoms with Crippen molar-refractivity contribution in [2.45, 2.75) is 94.0 Å². The third-order valence-corrected chi connectivity index (χ3v) is 9.74. The van der Waals surface area contributed by atoms with E-state index in [0.29, 0.717) is 29.2 Å². The molecule has 2 aromatic heterocycles. The molecule has 178 valence electrons. The van der Waals surface area contributed by atoms with Gasteiger partial charge in [0.1, 0.15) is 0 Å². The molecule has 2 aromatic rings. The number of hydrogen-bond acceptors (Lipinski definition) is 6. The maximum atomic E-state index is 13.7. The number of fused-ring (bicyclic) bond motifs is 2. The van der Waals surface area contributed by atoms with Gasteiger partial charge in [-0.05, 0) is 70.3 Å². The molecule has 0 aromatic carbocycles. The van der Waals surface area contributed by atoms with E-state index in [0.717, 1.165) is 81.6 Å². The molecule has 0 radical (unpaired) electrons. The first-order chi connectivity index (χ1) is 16.1. The first-order valence-electron chi connectivity index (χ1n) is 12.8. The molecule has 8 heteroatoms. The summed E-state index contributed by atoms with van der Waals surface area (Å²) in [6.07, 6.45) is 11.7. The van der Waals surface area contributed by atoms with Crippen molar-refractivity contribution in [3.63, 3.8) is 0 Å². The molecule has 0 spiro atoms. The van der Waals surface area contributed by atoms with Gasteiger partial charge < -0.3 is 16.0 Å². The standard InChI is InChI=1S/C25H36N6OS/c1-15-13-31-23(28-24(15)16-5-7-18(26)10-16)12-20(29-31)21-4-2-3-9-30(21)25(32)17-6-8-19-22(11-17)33-14-27-19/h12-13,16-19,21-22,27H,2-11,14,26H2,1H3/t16?,17?,18-,19?,21-,22?/m0/s1. The quantitative estimate of drug-likeness (QED) is 0.717. The Kier molecular flexibility index (Phi) is 5.87. The molecule has 4 aliphatic rings. The van der Waals surface area contributed by atoms with Gasteiger partial charge in [-0.1, -0.05) is 0 Å². The molecule has 2 saturated carbocycles. The third-order valence-electron chi connectivity index (χ3n) is 8.46. The van der Waals surface area contributed by atoms with E-state index in [4.69, 9.17) is 15.8 Å². The molecule has 33 heavy (non-hydrogen) atoms. The van der Waals surface area contributed by atoms with Crippen LogP contribution in [-0.4, -0.2) is 55.2 Å². The molecule has 2 saturated heterocycles. The first-order valence-corrected chi connectivity index (χ1v) is 13.9. The van der Waals surface area contributed by atoms with E-state index in [1.54, 1.807) is 0 Å². The second-order valence-corrected chi connectivity index (χ2v) is 11.9. The van der Waals surface area contributed by atoms with Crippen LogP contribution in [0.3, 0.4) is 0 Å². The predicted octanol–water partition coefficient (Wildman–Crippen LogP) is 3.52. The predicted molar refractivity (Wildman–Crippen MR) is 131 cm³/mol. The number of piperidine rings is 1. The van der Waals surface area contributed by atoms with E-state index in [9.17, 15) is 4.79 Å². The maximum Gasteiger partial charge on any atom is 0.226 e. The largest absolute Gasteiger partial charge is 0.334 e. The van der Waals surface area contributed by atoms with Crippen molar-refractivity contribution < 1.29 is 4.79 Å². The number of carbonyl (C=O) groups is 1. The summed E-state index contributed by atoms with van der Waals surface area (Å²) >= 11 is 1.99. The number of nitrogens with zero attached hydrogens (tertiary/aromatic N) is 4. The van der Waals surface area contributed by atoms with Crippen LogP contribution in [0.4, 0.5) is 0 Å². The number of rotatable bonds is 3. The lowest BCUT2D eigenvalue weighted by atomic mass is 9.84. The normalized spacial score (nSPS) is 34.7. The monoisotopic (exact) mass is 468 g/mol. The Hall–Kier alpha value is -1.64. The summed E-state index contributed by atoms with van der Waals surface area (Å²) in [5.41, 5.74) is 10.4. The number of nitrogens with two attached hydrogens (primary N) is 1. The number of hydrogen-bond donors (Lipinski definition) is 2. The zero-order valence-electron chi connectivity index (χ0n) is 19.6. The van der Waals surface area contributed by atoms with Gasteiger partial charge in [0.05, 0.1) is 17.4 Å². The van der Waals surface area contributed by atoms with Crippen LogP contribution in [0.1, 0.15) is 86.7 Å². The fourth-order valence-electron chi connectivity index (χ4n) is 6.65. The highest BCUT2D eigenvalue weighted by molar-refractivity contribution is 8.00. The number of carbonyl (C=O) groups excluding carboxylic acids is 1. The van der Waals surface area contributed by atoms with Gasteiger partial charge >= 0.3 is 0 Å². The molecular weight excluding hydrogens is 432 g/mol. The number of amides is 1. The third kappa shape index (κ3) is 4.08. The smallest absolute Gasteiger partial charge is 0.226 e. The van der Waals surface area contributed by atoms with Gasteiger partial charge in [0, 0.05) is 53.9 Å². The summed E-state index contributed by atoms with van der Waals surface area (Å²) < 4.78 is 1.92. The highest BCUT2D eigenvalue weighted by Gasteiger charge is 2.40. The highest BCUT2D eigenvalue weighted by atomic mass is 32.2. The molecule has 6 atom stereocenters. The van der Waals surface area contributed by atoms with Gasteiger partial charge in [-0.2, -0.15) is 5.10 Å². The summed E-state index contributed by atoms with van der Waals surface area (Å²) in [7, 11) is 0. The minimum Gasteiger partial charge on any atom is -0.334 e. The maximum absolute atomic E-state index is 13.7. The van der Waals surface area contributed by atoms with Gasteiger partial charge in [0.15, 0.2) is 5.65 Å². The zero-order chi connectivity index (χ0) is 22.5. The minimum absolute atomic E-state index is 0.0729. The molecule has 0 bridgehead atoms. The molecule has 4 unspecified atom stereocenters. The number of thioether (sulfide) groups is 1. The van der Waals surface area contributed by atoms with Crippen molar-refractivity contribution in [3.8, 4) is 0 Å². The van der Waals surface area contributed by atoms with Crippen LogP contribution in [-0.2, 0) is 4.79 Å². The molecular formula is C25H36N6OS. The van der Waals surface area contributed by atoms with Crippen molar-refractivity contribution in [2.24, 2.45) is 11.7 Å². The van der Waals surface area contributed by atoms with Gasteiger partial charge in [-0.3, -0.25) is 4.79 Å². The summed E-state index contributed by atoms with van der Waals surface area (Å²) in [6, 6.07) is 3.10. The topological polar surface area (TPSA) is 88.5 Å². The van der Waals surface area contributed by atoms with Crippen molar-refractivity contribution in [1.82, 2.24) is 24.8 Å². The van der Waals surface area contributed by atoms with Crippen molar-refractivity contribution in [3.05, 3.63) is 29.2 Å². The lowest BCUT2D eigenvalue weighted by Crippen LogP contribution is -2.46. The van der Waals surface area contributed by atoms with Crippen molar-refractivity contribution in [2.75, 3.05) is 12.4 Å². The second-order valence-electron chi connectivity index (χ2n) is 10.7. The average Bonchev–Trinajstić information content (AvgIpc) is 3.56. The summed E-state index contributed by atoms with van der Waals surface area (Å²) in [5.74, 6) is 2.00. The van der Waals surface area contributed by atoms with Gasteiger partial charge in [0.25, 0.3) is 0 Å². The average molecular weight is 469 g/mol. The Morgan fingerprint density at radius 1 is 1.18 bits per heavy atom. The molecule has 4 heterocycles.